The highest BCUT2D eigenvalue weighted by molar-refractivity contribution is 5.94. The van der Waals surface area contributed by atoms with E-state index in [1.54, 1.807) is 0 Å². The van der Waals surface area contributed by atoms with Crippen LogP contribution in [0, 0.1) is 20.8 Å². The molecule has 0 bridgehead atoms. The van der Waals surface area contributed by atoms with Crippen molar-refractivity contribution in [2.75, 3.05) is 30.4 Å². The van der Waals surface area contributed by atoms with Crippen molar-refractivity contribution >= 4 is 17.3 Å². The molecule has 1 saturated heterocycles. The fourth-order valence-corrected chi connectivity index (χ4v) is 3.46. The number of amides is 1. The Labute approximate surface area is 161 Å². The summed E-state index contributed by atoms with van der Waals surface area (Å²) in [6.07, 6.45) is 2.31. The molecule has 27 heavy (non-hydrogen) atoms. The van der Waals surface area contributed by atoms with Gasteiger partial charge in [-0.2, -0.15) is 0 Å². The summed E-state index contributed by atoms with van der Waals surface area (Å²) in [5.41, 5.74) is 5.25. The van der Waals surface area contributed by atoms with Crippen molar-refractivity contribution in [2.45, 2.75) is 39.7 Å². The molecule has 2 aromatic carbocycles. The molecular weight excluding hydrogens is 340 g/mol. The minimum Gasteiger partial charge on any atom is -0.491 e. The fraction of sp³-hybridized carbons (Fsp3) is 0.409. The van der Waals surface area contributed by atoms with Gasteiger partial charge in [0.15, 0.2) is 0 Å². The lowest BCUT2D eigenvalue weighted by Crippen LogP contribution is -2.22. The normalized spacial score (nSPS) is 16.2. The second-order valence-electron chi connectivity index (χ2n) is 7.15. The number of rotatable bonds is 7. The number of hydrogen-bond donors (Lipinski definition) is 2. The first-order valence-corrected chi connectivity index (χ1v) is 9.47. The van der Waals surface area contributed by atoms with Gasteiger partial charge in [0, 0.05) is 24.0 Å². The van der Waals surface area contributed by atoms with E-state index in [0.29, 0.717) is 6.61 Å². The molecule has 1 fully saturated rings. The first-order valence-electron chi connectivity index (χ1n) is 9.47. The van der Waals surface area contributed by atoms with Crippen molar-refractivity contribution in [1.29, 1.82) is 0 Å². The summed E-state index contributed by atoms with van der Waals surface area (Å²) >= 11 is 0. The van der Waals surface area contributed by atoms with Crippen LogP contribution in [0.2, 0.25) is 0 Å². The third kappa shape index (κ3) is 5.47. The highest BCUT2D eigenvalue weighted by Crippen LogP contribution is 2.22. The average molecular weight is 368 g/mol. The number of anilines is 2. The molecule has 0 spiro atoms. The van der Waals surface area contributed by atoms with E-state index in [2.05, 4.69) is 43.5 Å². The highest BCUT2D eigenvalue weighted by atomic mass is 16.5. The van der Waals surface area contributed by atoms with Crippen LogP contribution < -0.4 is 15.4 Å². The van der Waals surface area contributed by atoms with Gasteiger partial charge < -0.3 is 20.1 Å². The van der Waals surface area contributed by atoms with Gasteiger partial charge in [-0.1, -0.05) is 23.8 Å². The average Bonchev–Trinajstić information content (AvgIpc) is 3.13. The van der Waals surface area contributed by atoms with E-state index in [1.807, 2.05) is 24.3 Å². The third-order valence-electron chi connectivity index (χ3n) is 4.68. The van der Waals surface area contributed by atoms with Crippen molar-refractivity contribution in [1.82, 2.24) is 0 Å². The Morgan fingerprint density at radius 2 is 1.96 bits per heavy atom. The van der Waals surface area contributed by atoms with Crippen LogP contribution >= 0.6 is 0 Å². The van der Waals surface area contributed by atoms with Gasteiger partial charge in [0.25, 0.3) is 0 Å². The van der Waals surface area contributed by atoms with Gasteiger partial charge in [0.2, 0.25) is 5.91 Å². The van der Waals surface area contributed by atoms with Gasteiger partial charge in [-0.15, -0.1) is 0 Å². The molecule has 5 nitrogen and oxygen atoms in total. The smallest absolute Gasteiger partial charge is 0.243 e. The number of benzene rings is 2. The quantitative estimate of drug-likeness (QED) is 0.768. The maximum absolute atomic E-state index is 12.3. The minimum atomic E-state index is -0.0920. The molecule has 1 aliphatic heterocycles. The number of carbonyl (C=O) groups is 1. The SMILES string of the molecule is Cc1cc(C)c(NCC(=O)Nc2cccc(OCC3CCCO3)c2)c(C)c1. The Morgan fingerprint density at radius 1 is 1.19 bits per heavy atom. The molecular formula is C22H28N2O3. The molecule has 1 aliphatic rings. The molecule has 1 heterocycles. The first kappa shape index (κ1) is 19.2. The van der Waals surface area contributed by atoms with Crippen LogP contribution in [-0.2, 0) is 9.53 Å². The number of aryl methyl sites for hydroxylation is 3. The topological polar surface area (TPSA) is 59.6 Å². The van der Waals surface area contributed by atoms with Crippen LogP contribution in [0.25, 0.3) is 0 Å². The van der Waals surface area contributed by atoms with Crippen LogP contribution in [0.1, 0.15) is 29.5 Å². The summed E-state index contributed by atoms with van der Waals surface area (Å²) in [4.78, 5) is 12.3. The lowest BCUT2D eigenvalue weighted by atomic mass is 10.1. The van der Waals surface area contributed by atoms with Crippen molar-refractivity contribution in [3.05, 3.63) is 53.1 Å². The molecule has 0 radical (unpaired) electrons. The van der Waals surface area contributed by atoms with Crippen LogP contribution in [0.5, 0.6) is 5.75 Å². The Hall–Kier alpha value is -2.53. The molecule has 2 aromatic rings. The molecule has 2 N–H and O–H groups in total. The van der Waals surface area contributed by atoms with Crippen molar-refractivity contribution in [3.8, 4) is 5.75 Å². The zero-order chi connectivity index (χ0) is 19.2. The molecule has 144 valence electrons. The van der Waals surface area contributed by atoms with Gasteiger partial charge >= 0.3 is 0 Å². The predicted octanol–water partition coefficient (Wildman–Crippen LogP) is 4.22. The molecule has 1 atom stereocenters. The summed E-state index contributed by atoms with van der Waals surface area (Å²) in [5, 5.41) is 6.16. The summed E-state index contributed by atoms with van der Waals surface area (Å²) in [6.45, 7) is 7.75. The number of ether oxygens (including phenoxy) is 2. The number of nitrogens with one attached hydrogen (secondary N) is 2. The zero-order valence-electron chi connectivity index (χ0n) is 16.3. The lowest BCUT2D eigenvalue weighted by Gasteiger charge is -2.14. The molecule has 3 rings (SSSR count). The van der Waals surface area contributed by atoms with Gasteiger partial charge in [0.05, 0.1) is 12.6 Å². The Kier molecular flexibility index (Phi) is 6.35. The van der Waals surface area contributed by atoms with E-state index in [-0.39, 0.29) is 18.6 Å². The van der Waals surface area contributed by atoms with Gasteiger partial charge in [-0.25, -0.2) is 0 Å². The van der Waals surface area contributed by atoms with Crippen LogP contribution in [-0.4, -0.2) is 31.8 Å². The zero-order valence-corrected chi connectivity index (χ0v) is 16.3. The molecule has 0 aliphatic carbocycles. The van der Waals surface area contributed by atoms with Crippen molar-refractivity contribution < 1.29 is 14.3 Å². The van der Waals surface area contributed by atoms with E-state index in [9.17, 15) is 4.79 Å². The molecule has 0 saturated carbocycles. The summed E-state index contributed by atoms with van der Waals surface area (Å²) in [6, 6.07) is 11.7. The van der Waals surface area contributed by atoms with Crippen molar-refractivity contribution in [2.24, 2.45) is 0 Å². The second kappa shape index (κ2) is 8.91. The fourth-order valence-electron chi connectivity index (χ4n) is 3.46. The minimum absolute atomic E-state index is 0.0920. The van der Waals surface area contributed by atoms with Crippen LogP contribution in [0.4, 0.5) is 11.4 Å². The molecule has 1 unspecified atom stereocenters. The Morgan fingerprint density at radius 3 is 2.67 bits per heavy atom. The van der Waals surface area contributed by atoms with Crippen LogP contribution in [0.15, 0.2) is 36.4 Å². The third-order valence-corrected chi connectivity index (χ3v) is 4.68. The summed E-state index contributed by atoms with van der Waals surface area (Å²) < 4.78 is 11.4. The lowest BCUT2D eigenvalue weighted by molar-refractivity contribution is -0.114. The predicted molar refractivity (Wildman–Crippen MR) is 109 cm³/mol. The Balaban J connectivity index is 1.52. The van der Waals surface area contributed by atoms with E-state index in [1.165, 1.54) is 5.56 Å². The first-order chi connectivity index (χ1) is 13.0. The largest absolute Gasteiger partial charge is 0.491 e. The monoisotopic (exact) mass is 368 g/mol. The van der Waals surface area contributed by atoms with E-state index >= 15 is 0 Å². The molecule has 0 aromatic heterocycles. The van der Waals surface area contributed by atoms with Gasteiger partial charge in [-0.3, -0.25) is 4.79 Å². The standard InChI is InChI=1S/C22H28N2O3/c1-15-10-16(2)22(17(3)11-15)23-13-21(25)24-18-6-4-7-19(12-18)27-14-20-8-5-9-26-20/h4,6-7,10-12,20,23H,5,8-9,13-14H2,1-3H3,(H,24,25). The maximum atomic E-state index is 12.3. The van der Waals surface area contributed by atoms with Crippen molar-refractivity contribution in [3.63, 3.8) is 0 Å². The molecule has 5 heteroatoms. The van der Waals surface area contributed by atoms with Gasteiger partial charge in [0.1, 0.15) is 12.4 Å². The van der Waals surface area contributed by atoms with Crippen LogP contribution in [0.3, 0.4) is 0 Å². The highest BCUT2D eigenvalue weighted by Gasteiger charge is 2.16. The number of hydrogen-bond acceptors (Lipinski definition) is 4. The molecule has 1 amide bonds. The summed E-state index contributed by atoms with van der Waals surface area (Å²) in [7, 11) is 0. The number of carbonyl (C=O) groups excluding carboxylic acids is 1. The summed E-state index contributed by atoms with van der Waals surface area (Å²) in [5.74, 6) is 0.645. The second-order valence-corrected chi connectivity index (χ2v) is 7.15. The maximum Gasteiger partial charge on any atom is 0.243 e. The van der Waals surface area contributed by atoms with Gasteiger partial charge in [-0.05, 0) is 56.9 Å². The van der Waals surface area contributed by atoms with E-state index in [4.69, 9.17) is 9.47 Å². The Bertz CT molecular complexity index is 775. The van der Waals surface area contributed by atoms with E-state index in [0.717, 1.165) is 47.7 Å². The van der Waals surface area contributed by atoms with E-state index < -0.39 is 0 Å².